The monoisotopic (exact) mass is 264 g/mol. The van der Waals surface area contributed by atoms with Crippen LogP contribution in [0.5, 0.6) is 0 Å². The maximum atomic E-state index is 10.9. The van der Waals surface area contributed by atoms with Gasteiger partial charge in [-0.05, 0) is 39.4 Å². The number of aryl methyl sites for hydroxylation is 1. The highest BCUT2D eigenvalue weighted by atomic mass is 16.4. The van der Waals surface area contributed by atoms with Crippen LogP contribution in [0, 0.1) is 6.92 Å². The van der Waals surface area contributed by atoms with Gasteiger partial charge in [-0.3, -0.25) is 4.79 Å². The number of nitrogens with two attached hydrogens (primary N) is 1. The van der Waals surface area contributed by atoms with Crippen molar-refractivity contribution < 1.29 is 9.90 Å². The molecule has 0 amide bonds. The molecule has 0 bridgehead atoms. The number of hydrogen-bond donors (Lipinski definition) is 2. The van der Waals surface area contributed by atoms with Gasteiger partial charge in [0.05, 0.1) is 0 Å². The predicted octanol–water partition coefficient (Wildman–Crippen LogP) is 0.679. The molecular weight excluding hydrogens is 244 g/mol. The van der Waals surface area contributed by atoms with Crippen molar-refractivity contribution in [3.05, 3.63) is 23.3 Å². The summed E-state index contributed by atoms with van der Waals surface area (Å²) in [5.74, 6) is -0.562. The molecule has 0 radical (unpaired) electrons. The summed E-state index contributed by atoms with van der Waals surface area (Å²) in [6.45, 7) is 3.88. The maximum absolute atomic E-state index is 10.9. The number of aliphatic carboxylic acids is 1. The van der Waals surface area contributed by atoms with Crippen LogP contribution in [-0.2, 0) is 4.79 Å². The van der Waals surface area contributed by atoms with E-state index < -0.39 is 12.0 Å². The largest absolute Gasteiger partial charge is 0.480 e. The van der Waals surface area contributed by atoms with Crippen LogP contribution in [-0.4, -0.2) is 46.1 Å². The molecule has 0 spiro atoms. The summed E-state index contributed by atoms with van der Waals surface area (Å²) in [4.78, 5) is 21.7. The molecular formula is C13H20N4O2. The van der Waals surface area contributed by atoms with Crippen LogP contribution in [0.15, 0.2) is 6.07 Å². The quantitative estimate of drug-likeness (QED) is 0.834. The van der Waals surface area contributed by atoms with Gasteiger partial charge >= 0.3 is 5.97 Å². The normalized spacial score (nSPS) is 22.2. The fourth-order valence-corrected chi connectivity index (χ4v) is 2.48. The van der Waals surface area contributed by atoms with Gasteiger partial charge in [-0.2, -0.15) is 0 Å². The molecule has 0 aromatic carbocycles. The topological polar surface area (TPSA) is 92.3 Å². The summed E-state index contributed by atoms with van der Waals surface area (Å²) < 4.78 is 0. The number of carbonyl (C=O) groups is 1. The van der Waals surface area contributed by atoms with Gasteiger partial charge in [0.25, 0.3) is 0 Å². The van der Waals surface area contributed by atoms with Gasteiger partial charge in [-0.1, -0.05) is 0 Å². The van der Waals surface area contributed by atoms with E-state index in [1.54, 1.807) is 0 Å². The number of carboxylic acid groups (broad SMARTS) is 1. The van der Waals surface area contributed by atoms with E-state index in [1.807, 2.05) is 13.0 Å². The minimum atomic E-state index is -1.15. The first-order chi connectivity index (χ1) is 8.97. The highest BCUT2D eigenvalue weighted by Gasteiger charge is 2.23. The highest BCUT2D eigenvalue weighted by molar-refractivity contribution is 5.73. The fourth-order valence-electron chi connectivity index (χ4n) is 2.48. The lowest BCUT2D eigenvalue weighted by atomic mass is 9.94. The summed E-state index contributed by atoms with van der Waals surface area (Å²) in [5, 5.41) is 8.96. The van der Waals surface area contributed by atoms with E-state index in [1.165, 1.54) is 0 Å². The number of hydrogen-bond acceptors (Lipinski definition) is 5. The molecule has 2 heterocycles. The van der Waals surface area contributed by atoms with Gasteiger partial charge < -0.3 is 15.7 Å². The molecule has 19 heavy (non-hydrogen) atoms. The van der Waals surface area contributed by atoms with Gasteiger partial charge in [-0.25, -0.2) is 9.97 Å². The van der Waals surface area contributed by atoms with Crippen LogP contribution in [0.3, 0.4) is 0 Å². The molecule has 3 N–H and O–H groups in total. The molecule has 1 aliphatic rings. The van der Waals surface area contributed by atoms with E-state index in [0.717, 1.165) is 37.3 Å². The van der Waals surface area contributed by atoms with Crippen LogP contribution in [0.25, 0.3) is 0 Å². The van der Waals surface area contributed by atoms with Crippen LogP contribution in [0.4, 0.5) is 0 Å². The Labute approximate surface area is 112 Å². The summed E-state index contributed by atoms with van der Waals surface area (Å²) in [6, 6.07) is 0.780. The number of carboxylic acids is 1. The number of nitrogens with zero attached hydrogens (tertiary/aromatic N) is 3. The fraction of sp³-hybridized carbons (Fsp3) is 0.615. The Bertz CT molecular complexity index is 478. The molecule has 6 heteroatoms. The summed E-state index contributed by atoms with van der Waals surface area (Å²) in [5.41, 5.74) is 7.27. The first-order valence-corrected chi connectivity index (χ1v) is 6.50. The lowest BCUT2D eigenvalue weighted by Crippen LogP contribution is -2.32. The Balaban J connectivity index is 2.28. The number of likely N-dealkylation sites (tertiary alicyclic amines) is 1. The Morgan fingerprint density at radius 1 is 1.58 bits per heavy atom. The smallest absolute Gasteiger partial charge is 0.328 e. The zero-order valence-corrected chi connectivity index (χ0v) is 11.3. The number of likely N-dealkylation sites (N-methyl/N-ethyl adjacent to an activating group) is 1. The van der Waals surface area contributed by atoms with Crippen LogP contribution < -0.4 is 5.73 Å². The molecule has 6 nitrogen and oxygen atoms in total. The standard InChI is InChI=1S/C13H20N4O2/c1-8-6-10(9-4-3-5-17(2)7-9)16-12(15-8)11(14)13(18)19/h6,9,11H,3-5,7,14H2,1-2H3,(H,18,19). The number of rotatable bonds is 3. The van der Waals surface area contributed by atoms with Gasteiger partial charge in [0.1, 0.15) is 0 Å². The molecule has 1 saturated heterocycles. The van der Waals surface area contributed by atoms with E-state index in [9.17, 15) is 4.79 Å². The van der Waals surface area contributed by atoms with Crippen LogP contribution in [0.1, 0.15) is 42.0 Å². The van der Waals surface area contributed by atoms with E-state index in [4.69, 9.17) is 10.8 Å². The molecule has 1 fully saturated rings. The molecule has 2 rings (SSSR count). The van der Waals surface area contributed by atoms with Crippen LogP contribution >= 0.6 is 0 Å². The molecule has 0 saturated carbocycles. The molecule has 2 unspecified atom stereocenters. The minimum Gasteiger partial charge on any atom is -0.480 e. The van der Waals surface area contributed by atoms with Crippen molar-refractivity contribution in [3.63, 3.8) is 0 Å². The van der Waals surface area contributed by atoms with Crippen molar-refractivity contribution in [3.8, 4) is 0 Å². The third-order valence-electron chi connectivity index (χ3n) is 3.48. The van der Waals surface area contributed by atoms with Crippen molar-refractivity contribution in [2.24, 2.45) is 5.73 Å². The third kappa shape index (κ3) is 3.27. The van der Waals surface area contributed by atoms with Gasteiger partial charge in [0.15, 0.2) is 11.9 Å². The molecule has 1 aromatic heterocycles. The maximum Gasteiger partial charge on any atom is 0.328 e. The van der Waals surface area contributed by atoms with Gasteiger partial charge in [0.2, 0.25) is 0 Å². The highest BCUT2D eigenvalue weighted by Crippen LogP contribution is 2.25. The lowest BCUT2D eigenvalue weighted by Gasteiger charge is -2.29. The summed E-state index contributed by atoms with van der Waals surface area (Å²) in [6.07, 6.45) is 2.20. The molecule has 0 aliphatic carbocycles. The minimum absolute atomic E-state index is 0.204. The zero-order valence-electron chi connectivity index (χ0n) is 11.3. The van der Waals surface area contributed by atoms with Crippen molar-refractivity contribution in [2.45, 2.75) is 31.7 Å². The Kier molecular flexibility index (Phi) is 4.11. The van der Waals surface area contributed by atoms with Crippen LogP contribution in [0.2, 0.25) is 0 Å². The number of aromatic nitrogens is 2. The average molecular weight is 264 g/mol. The second kappa shape index (κ2) is 5.63. The Morgan fingerprint density at radius 2 is 2.32 bits per heavy atom. The third-order valence-corrected chi connectivity index (χ3v) is 3.48. The first-order valence-electron chi connectivity index (χ1n) is 6.50. The SMILES string of the molecule is Cc1cc(C2CCCN(C)C2)nc(C(N)C(=O)O)n1. The van der Waals surface area contributed by atoms with Crippen molar-refractivity contribution >= 4 is 5.97 Å². The predicted molar refractivity (Wildman–Crippen MR) is 70.8 cm³/mol. The Morgan fingerprint density at radius 3 is 2.95 bits per heavy atom. The lowest BCUT2D eigenvalue weighted by molar-refractivity contribution is -0.138. The van der Waals surface area contributed by atoms with E-state index in [-0.39, 0.29) is 5.82 Å². The second-order valence-corrected chi connectivity index (χ2v) is 5.21. The van der Waals surface area contributed by atoms with Gasteiger partial charge in [0, 0.05) is 23.9 Å². The van der Waals surface area contributed by atoms with E-state index in [2.05, 4.69) is 21.9 Å². The first kappa shape index (κ1) is 13.9. The molecule has 1 aromatic rings. The van der Waals surface area contributed by atoms with Crippen molar-refractivity contribution in [1.29, 1.82) is 0 Å². The summed E-state index contributed by atoms with van der Waals surface area (Å²) >= 11 is 0. The summed E-state index contributed by atoms with van der Waals surface area (Å²) in [7, 11) is 2.09. The zero-order chi connectivity index (χ0) is 14.0. The second-order valence-electron chi connectivity index (χ2n) is 5.21. The molecule has 104 valence electrons. The average Bonchev–Trinajstić information content (AvgIpc) is 2.37. The number of piperidine rings is 1. The Hall–Kier alpha value is -1.53. The molecule has 2 atom stereocenters. The van der Waals surface area contributed by atoms with E-state index >= 15 is 0 Å². The molecule has 1 aliphatic heterocycles. The van der Waals surface area contributed by atoms with Gasteiger partial charge in [-0.15, -0.1) is 0 Å². The van der Waals surface area contributed by atoms with E-state index in [0.29, 0.717) is 5.92 Å². The van der Waals surface area contributed by atoms with Crippen molar-refractivity contribution in [1.82, 2.24) is 14.9 Å². The van der Waals surface area contributed by atoms with Crippen molar-refractivity contribution in [2.75, 3.05) is 20.1 Å².